The van der Waals surface area contributed by atoms with Crippen molar-refractivity contribution < 1.29 is 5.11 Å². The van der Waals surface area contributed by atoms with Gasteiger partial charge < -0.3 is 10.0 Å². The van der Waals surface area contributed by atoms with Gasteiger partial charge in [0.15, 0.2) is 0 Å². The molecule has 1 aliphatic heterocycles. The summed E-state index contributed by atoms with van der Waals surface area (Å²) in [5.41, 5.74) is 2.84. The lowest BCUT2D eigenvalue weighted by atomic mass is 9.82. The first-order valence-electron chi connectivity index (χ1n) is 7.08. The van der Waals surface area contributed by atoms with E-state index in [0.29, 0.717) is 12.5 Å². The second-order valence-electron chi connectivity index (χ2n) is 6.27. The van der Waals surface area contributed by atoms with Crippen molar-refractivity contribution in [3.05, 3.63) is 28.2 Å². The van der Waals surface area contributed by atoms with Crippen molar-refractivity contribution in [1.82, 2.24) is 0 Å². The minimum atomic E-state index is 0.199. The molecule has 1 aromatic carbocycles. The van der Waals surface area contributed by atoms with E-state index in [9.17, 15) is 5.11 Å². The molecule has 1 aliphatic rings. The van der Waals surface area contributed by atoms with E-state index in [-0.39, 0.29) is 5.54 Å². The monoisotopic (exact) mass is 325 g/mol. The summed E-state index contributed by atoms with van der Waals surface area (Å²) in [5.74, 6) is 0.612. The van der Waals surface area contributed by atoms with Crippen molar-refractivity contribution in [3.8, 4) is 0 Å². The molecule has 1 unspecified atom stereocenters. The fourth-order valence-corrected chi connectivity index (χ4v) is 3.53. The van der Waals surface area contributed by atoms with Crippen molar-refractivity contribution in [1.29, 1.82) is 0 Å². The Morgan fingerprint density at radius 2 is 2.16 bits per heavy atom. The molecule has 1 fully saturated rings. The normalized spacial score (nSPS) is 22.6. The Labute approximate surface area is 124 Å². The molecule has 3 heteroatoms. The van der Waals surface area contributed by atoms with Crippen LogP contribution in [0.25, 0.3) is 0 Å². The number of aliphatic hydroxyl groups is 1. The van der Waals surface area contributed by atoms with Crippen LogP contribution in [0.15, 0.2) is 22.7 Å². The van der Waals surface area contributed by atoms with Gasteiger partial charge in [0, 0.05) is 28.9 Å². The third kappa shape index (κ3) is 3.32. The van der Waals surface area contributed by atoms with Gasteiger partial charge in [0.1, 0.15) is 0 Å². The number of hydrogen-bond donors (Lipinski definition) is 1. The molecule has 106 valence electrons. The summed E-state index contributed by atoms with van der Waals surface area (Å²) >= 11 is 3.53. The van der Waals surface area contributed by atoms with Crippen molar-refractivity contribution in [3.63, 3.8) is 0 Å². The molecule has 1 atom stereocenters. The van der Waals surface area contributed by atoms with E-state index in [1.165, 1.54) is 24.1 Å². The SMILES string of the molecule is Cc1cc(Br)ccc1N1CC(CCO)CCC1(C)C. The third-order valence-electron chi connectivity index (χ3n) is 4.32. The van der Waals surface area contributed by atoms with Crippen LogP contribution in [0.1, 0.15) is 38.7 Å². The van der Waals surface area contributed by atoms with E-state index >= 15 is 0 Å². The predicted molar refractivity (Wildman–Crippen MR) is 84.7 cm³/mol. The van der Waals surface area contributed by atoms with Gasteiger partial charge in [0.25, 0.3) is 0 Å². The minimum absolute atomic E-state index is 0.199. The van der Waals surface area contributed by atoms with E-state index in [1.807, 2.05) is 0 Å². The quantitative estimate of drug-likeness (QED) is 0.902. The molecule has 2 rings (SSSR count). The van der Waals surface area contributed by atoms with Gasteiger partial charge in [0.2, 0.25) is 0 Å². The summed E-state index contributed by atoms with van der Waals surface area (Å²) < 4.78 is 1.13. The molecule has 0 amide bonds. The van der Waals surface area contributed by atoms with Crippen molar-refractivity contribution in [2.24, 2.45) is 5.92 Å². The Kier molecular flexibility index (Phi) is 4.57. The number of aryl methyl sites for hydroxylation is 1. The van der Waals surface area contributed by atoms with Crippen LogP contribution in [-0.2, 0) is 0 Å². The number of benzene rings is 1. The molecular formula is C16H24BrNO. The molecule has 0 aromatic heterocycles. The molecule has 1 aromatic rings. The lowest BCUT2D eigenvalue weighted by Gasteiger charge is -2.48. The van der Waals surface area contributed by atoms with Crippen LogP contribution >= 0.6 is 15.9 Å². The number of hydrogen-bond acceptors (Lipinski definition) is 2. The van der Waals surface area contributed by atoms with Gasteiger partial charge in [0.05, 0.1) is 0 Å². The van der Waals surface area contributed by atoms with E-state index in [2.05, 4.69) is 59.8 Å². The minimum Gasteiger partial charge on any atom is -0.396 e. The van der Waals surface area contributed by atoms with Crippen LogP contribution < -0.4 is 4.90 Å². The molecule has 0 radical (unpaired) electrons. The molecule has 19 heavy (non-hydrogen) atoms. The summed E-state index contributed by atoms with van der Waals surface area (Å²) in [7, 11) is 0. The number of rotatable bonds is 3. The maximum absolute atomic E-state index is 9.17. The fourth-order valence-electron chi connectivity index (χ4n) is 3.05. The molecule has 0 saturated carbocycles. The lowest BCUT2D eigenvalue weighted by molar-refractivity contribution is 0.217. The zero-order valence-electron chi connectivity index (χ0n) is 12.1. The molecule has 0 aliphatic carbocycles. The zero-order chi connectivity index (χ0) is 14.0. The van der Waals surface area contributed by atoms with E-state index in [1.54, 1.807) is 0 Å². The van der Waals surface area contributed by atoms with E-state index in [0.717, 1.165) is 17.4 Å². The van der Waals surface area contributed by atoms with Crippen molar-refractivity contribution in [2.75, 3.05) is 18.1 Å². The second-order valence-corrected chi connectivity index (χ2v) is 7.19. The molecular weight excluding hydrogens is 302 g/mol. The number of halogens is 1. The molecule has 0 bridgehead atoms. The van der Waals surface area contributed by atoms with Gasteiger partial charge in [-0.05, 0) is 69.7 Å². The third-order valence-corrected chi connectivity index (χ3v) is 4.82. The van der Waals surface area contributed by atoms with Gasteiger partial charge in [-0.1, -0.05) is 15.9 Å². The smallest absolute Gasteiger partial charge is 0.0434 e. The topological polar surface area (TPSA) is 23.5 Å². The summed E-state index contributed by atoms with van der Waals surface area (Å²) in [5, 5.41) is 9.17. The molecule has 0 spiro atoms. The summed E-state index contributed by atoms with van der Waals surface area (Å²) in [6, 6.07) is 6.51. The maximum Gasteiger partial charge on any atom is 0.0434 e. The van der Waals surface area contributed by atoms with E-state index < -0.39 is 0 Å². The standard InChI is InChI=1S/C16H24BrNO/c1-12-10-14(17)4-5-15(12)18-11-13(7-9-19)6-8-16(18,2)3/h4-5,10,13,19H,6-9,11H2,1-3H3. The van der Waals surface area contributed by atoms with Crippen LogP contribution in [0.3, 0.4) is 0 Å². The van der Waals surface area contributed by atoms with Crippen molar-refractivity contribution >= 4 is 21.6 Å². The molecule has 1 heterocycles. The number of aliphatic hydroxyl groups excluding tert-OH is 1. The van der Waals surface area contributed by atoms with Gasteiger partial charge in [-0.15, -0.1) is 0 Å². The highest BCUT2D eigenvalue weighted by Gasteiger charge is 2.34. The Morgan fingerprint density at radius 1 is 1.42 bits per heavy atom. The van der Waals surface area contributed by atoms with Crippen LogP contribution in [0, 0.1) is 12.8 Å². The molecule has 2 nitrogen and oxygen atoms in total. The van der Waals surface area contributed by atoms with Crippen LogP contribution in [0.2, 0.25) is 0 Å². The van der Waals surface area contributed by atoms with Gasteiger partial charge >= 0.3 is 0 Å². The maximum atomic E-state index is 9.17. The van der Waals surface area contributed by atoms with Crippen molar-refractivity contribution in [2.45, 2.75) is 45.6 Å². The first-order chi connectivity index (χ1) is 8.94. The first kappa shape index (κ1) is 14.9. The highest BCUT2D eigenvalue weighted by molar-refractivity contribution is 9.10. The average molecular weight is 326 g/mol. The summed E-state index contributed by atoms with van der Waals surface area (Å²) in [6.07, 6.45) is 3.33. The summed E-state index contributed by atoms with van der Waals surface area (Å²) in [6.45, 7) is 8.17. The van der Waals surface area contributed by atoms with Crippen LogP contribution in [0.5, 0.6) is 0 Å². The predicted octanol–water partition coefficient (Wildman–Crippen LogP) is 4.13. The lowest BCUT2D eigenvalue weighted by Crippen LogP contribution is -2.51. The second kappa shape index (κ2) is 5.84. The molecule has 1 N–H and O–H groups in total. The Balaban J connectivity index is 2.27. The first-order valence-corrected chi connectivity index (χ1v) is 7.88. The van der Waals surface area contributed by atoms with Gasteiger partial charge in [-0.3, -0.25) is 0 Å². The average Bonchev–Trinajstić information content (AvgIpc) is 2.32. The van der Waals surface area contributed by atoms with Crippen LogP contribution in [-0.4, -0.2) is 23.8 Å². The summed E-state index contributed by atoms with van der Waals surface area (Å²) in [4.78, 5) is 2.53. The molecule has 1 saturated heterocycles. The Morgan fingerprint density at radius 3 is 2.79 bits per heavy atom. The van der Waals surface area contributed by atoms with Gasteiger partial charge in [-0.25, -0.2) is 0 Å². The number of nitrogens with zero attached hydrogens (tertiary/aromatic N) is 1. The number of piperidine rings is 1. The van der Waals surface area contributed by atoms with Crippen LogP contribution in [0.4, 0.5) is 5.69 Å². The zero-order valence-corrected chi connectivity index (χ0v) is 13.7. The Hall–Kier alpha value is -0.540. The largest absolute Gasteiger partial charge is 0.396 e. The Bertz CT molecular complexity index is 444. The van der Waals surface area contributed by atoms with Gasteiger partial charge in [-0.2, -0.15) is 0 Å². The van der Waals surface area contributed by atoms with E-state index in [4.69, 9.17) is 0 Å². The fraction of sp³-hybridized carbons (Fsp3) is 0.625. The number of anilines is 1. The highest BCUT2D eigenvalue weighted by Crippen LogP contribution is 2.37. The highest BCUT2D eigenvalue weighted by atomic mass is 79.9.